The predicted molar refractivity (Wildman–Crippen MR) is 208 cm³/mol. The van der Waals surface area contributed by atoms with Gasteiger partial charge in [0.05, 0.1) is 0 Å². The molecule has 0 N–H and O–H groups in total. The number of aromatic nitrogens is 3. The third-order valence-electron chi connectivity index (χ3n) is 9.55. The Morgan fingerprint density at radius 3 is 2.12 bits per heavy atom. The van der Waals surface area contributed by atoms with Gasteiger partial charge < -0.3 is 4.42 Å². The molecule has 3 heterocycles. The zero-order valence-electron chi connectivity index (χ0n) is 27.0. The molecular formula is C45H29N3OS. The van der Waals surface area contributed by atoms with Crippen LogP contribution in [0.3, 0.4) is 0 Å². The van der Waals surface area contributed by atoms with Crippen LogP contribution in [0, 0.1) is 0 Å². The molecular weight excluding hydrogens is 631 g/mol. The first-order valence-corrected chi connectivity index (χ1v) is 17.7. The lowest BCUT2D eigenvalue weighted by molar-refractivity contribution is 0.670. The van der Waals surface area contributed by atoms with Gasteiger partial charge in [0.25, 0.3) is 0 Å². The first-order valence-electron chi connectivity index (χ1n) is 16.9. The maximum atomic E-state index is 6.56. The van der Waals surface area contributed by atoms with E-state index in [1.807, 2.05) is 24.3 Å². The van der Waals surface area contributed by atoms with Crippen molar-refractivity contribution in [3.05, 3.63) is 158 Å². The largest absolute Gasteiger partial charge is 0.455 e. The van der Waals surface area contributed by atoms with E-state index in [2.05, 4.69) is 127 Å². The number of hydrogen-bond donors (Lipinski definition) is 0. The normalized spacial score (nSPS) is 13.1. The molecule has 1 aliphatic rings. The summed E-state index contributed by atoms with van der Waals surface area (Å²) in [6.45, 7) is 0. The van der Waals surface area contributed by atoms with E-state index in [9.17, 15) is 0 Å². The maximum absolute atomic E-state index is 6.56. The van der Waals surface area contributed by atoms with Crippen LogP contribution in [0.2, 0.25) is 0 Å². The number of rotatable bonds is 5. The third kappa shape index (κ3) is 4.86. The Morgan fingerprint density at radius 1 is 0.500 bits per heavy atom. The van der Waals surface area contributed by atoms with Crippen molar-refractivity contribution in [2.45, 2.75) is 12.8 Å². The molecule has 0 bridgehead atoms. The molecule has 0 unspecified atom stereocenters. The lowest BCUT2D eigenvalue weighted by atomic mass is 9.95. The van der Waals surface area contributed by atoms with E-state index in [1.54, 1.807) is 11.3 Å². The molecule has 10 rings (SSSR count). The topological polar surface area (TPSA) is 51.8 Å². The Labute approximate surface area is 292 Å². The second-order valence-electron chi connectivity index (χ2n) is 12.7. The van der Waals surface area contributed by atoms with Gasteiger partial charge in [-0.15, -0.1) is 11.3 Å². The molecule has 50 heavy (non-hydrogen) atoms. The fourth-order valence-electron chi connectivity index (χ4n) is 7.14. The molecule has 0 radical (unpaired) electrons. The second kappa shape index (κ2) is 11.8. The minimum atomic E-state index is 0.678. The smallest absolute Gasteiger partial charge is 0.164 e. The van der Waals surface area contributed by atoms with Crippen LogP contribution >= 0.6 is 11.3 Å². The zero-order valence-corrected chi connectivity index (χ0v) is 27.8. The highest BCUT2D eigenvalue weighted by atomic mass is 32.1. The molecule has 9 aromatic rings. The maximum Gasteiger partial charge on any atom is 0.164 e. The van der Waals surface area contributed by atoms with Crippen LogP contribution < -0.4 is 0 Å². The Kier molecular flexibility index (Phi) is 6.78. The van der Waals surface area contributed by atoms with Crippen molar-refractivity contribution in [1.82, 2.24) is 15.0 Å². The molecule has 0 saturated heterocycles. The molecule has 0 spiro atoms. The number of benzene rings is 6. The quantitative estimate of drug-likeness (QED) is 0.184. The van der Waals surface area contributed by atoms with Gasteiger partial charge in [0, 0.05) is 53.2 Å². The zero-order chi connectivity index (χ0) is 33.0. The summed E-state index contributed by atoms with van der Waals surface area (Å²) >= 11 is 1.80. The summed E-state index contributed by atoms with van der Waals surface area (Å²) in [6, 6.07) is 46.8. The van der Waals surface area contributed by atoms with Crippen LogP contribution in [0.4, 0.5) is 0 Å². The molecule has 0 fully saturated rings. The van der Waals surface area contributed by atoms with Crippen molar-refractivity contribution in [3.8, 4) is 45.0 Å². The molecule has 0 amide bonds. The van der Waals surface area contributed by atoms with Gasteiger partial charge in [0.15, 0.2) is 17.5 Å². The van der Waals surface area contributed by atoms with Crippen molar-refractivity contribution >= 4 is 59.0 Å². The van der Waals surface area contributed by atoms with Crippen LogP contribution in [0.1, 0.15) is 18.7 Å². The minimum Gasteiger partial charge on any atom is -0.455 e. The number of para-hydroxylation sites is 1. The van der Waals surface area contributed by atoms with Crippen LogP contribution in [0.5, 0.6) is 0 Å². The summed E-state index contributed by atoms with van der Waals surface area (Å²) in [7, 11) is 0. The standard InChI is InChI=1S/C45H29N3OS/c1-4-13-28(14-5-1)32-25-36(42-37(26-32)33-19-10-11-21-38(33)49-42)31-23-24-34-40(27-31)50-39-22-12-20-35(41(34)39)45-47-43(29-15-6-2-7-16-29)46-44(48-45)30-17-8-3-9-18-30/h1-2,4-8,10-27H,3,9H2. The Balaban J connectivity index is 1.17. The lowest BCUT2D eigenvalue weighted by Gasteiger charge is -2.11. The Bertz CT molecular complexity index is 2810. The number of nitrogens with zero attached hydrogens (tertiary/aromatic N) is 3. The monoisotopic (exact) mass is 659 g/mol. The number of hydrogen-bond acceptors (Lipinski definition) is 5. The number of allylic oxidation sites excluding steroid dienone is 4. The summed E-state index contributed by atoms with van der Waals surface area (Å²) < 4.78 is 8.96. The van der Waals surface area contributed by atoms with Crippen LogP contribution in [0.25, 0.3) is 92.7 Å². The molecule has 0 aliphatic heterocycles. The fourth-order valence-corrected chi connectivity index (χ4v) is 8.31. The van der Waals surface area contributed by atoms with Crippen LogP contribution in [-0.4, -0.2) is 15.0 Å². The highest BCUT2D eigenvalue weighted by molar-refractivity contribution is 7.26. The van der Waals surface area contributed by atoms with Crippen LogP contribution in [0.15, 0.2) is 156 Å². The SMILES string of the molecule is C1=CC(c2nc(-c3ccccc3)nc(-c3cccc4sc5cc(-c6cc(-c7ccccc7)cc7c6oc6ccccc67)ccc5c34)n2)=CCC1. The Morgan fingerprint density at radius 2 is 1.28 bits per heavy atom. The summed E-state index contributed by atoms with van der Waals surface area (Å²) in [5, 5.41) is 4.60. The summed E-state index contributed by atoms with van der Waals surface area (Å²) in [5.41, 5.74) is 9.38. The van der Waals surface area contributed by atoms with E-state index in [0.29, 0.717) is 17.5 Å². The van der Waals surface area contributed by atoms with Gasteiger partial charge in [-0.3, -0.25) is 0 Å². The third-order valence-corrected chi connectivity index (χ3v) is 10.7. The number of thiophene rings is 1. The van der Waals surface area contributed by atoms with E-state index in [0.717, 1.165) is 68.0 Å². The summed E-state index contributed by atoms with van der Waals surface area (Å²) in [5.74, 6) is 2.07. The van der Waals surface area contributed by atoms with E-state index in [-0.39, 0.29) is 0 Å². The van der Waals surface area contributed by atoms with Crippen molar-refractivity contribution < 1.29 is 4.42 Å². The molecule has 0 saturated carbocycles. The molecule has 3 aromatic heterocycles. The minimum absolute atomic E-state index is 0.678. The van der Waals surface area contributed by atoms with E-state index < -0.39 is 0 Å². The van der Waals surface area contributed by atoms with E-state index in [1.165, 1.54) is 25.9 Å². The molecule has 236 valence electrons. The van der Waals surface area contributed by atoms with Gasteiger partial charge in [0.2, 0.25) is 0 Å². The van der Waals surface area contributed by atoms with Crippen molar-refractivity contribution in [3.63, 3.8) is 0 Å². The summed E-state index contributed by atoms with van der Waals surface area (Å²) in [4.78, 5) is 15.1. The van der Waals surface area contributed by atoms with Crippen molar-refractivity contribution in [2.75, 3.05) is 0 Å². The van der Waals surface area contributed by atoms with Gasteiger partial charge in [-0.2, -0.15) is 0 Å². The second-order valence-corrected chi connectivity index (χ2v) is 13.8. The van der Waals surface area contributed by atoms with Gasteiger partial charge in [-0.25, -0.2) is 15.0 Å². The molecule has 6 aromatic carbocycles. The van der Waals surface area contributed by atoms with E-state index in [4.69, 9.17) is 19.4 Å². The highest BCUT2D eigenvalue weighted by Crippen LogP contribution is 2.44. The molecule has 0 atom stereocenters. The van der Waals surface area contributed by atoms with E-state index >= 15 is 0 Å². The number of fused-ring (bicyclic) bond motifs is 6. The molecule has 5 heteroatoms. The Hall–Kier alpha value is -6.17. The average molecular weight is 660 g/mol. The van der Waals surface area contributed by atoms with Crippen molar-refractivity contribution in [1.29, 1.82) is 0 Å². The van der Waals surface area contributed by atoms with Crippen LogP contribution in [-0.2, 0) is 0 Å². The first kappa shape index (κ1) is 28.8. The average Bonchev–Trinajstić information content (AvgIpc) is 3.76. The van der Waals surface area contributed by atoms with Gasteiger partial charge in [-0.05, 0) is 59.9 Å². The lowest BCUT2D eigenvalue weighted by Crippen LogP contribution is -2.03. The van der Waals surface area contributed by atoms with Gasteiger partial charge in [0.1, 0.15) is 11.2 Å². The molecule has 1 aliphatic carbocycles. The summed E-state index contributed by atoms with van der Waals surface area (Å²) in [6.07, 6.45) is 8.57. The predicted octanol–water partition coefficient (Wildman–Crippen LogP) is 12.5. The fraction of sp³-hybridized carbons (Fsp3) is 0.0444. The molecule has 4 nitrogen and oxygen atoms in total. The highest BCUT2D eigenvalue weighted by Gasteiger charge is 2.20. The first-order chi connectivity index (χ1) is 24.8. The number of furan rings is 1. The van der Waals surface area contributed by atoms with Gasteiger partial charge in [-0.1, -0.05) is 121 Å². The van der Waals surface area contributed by atoms with Gasteiger partial charge >= 0.3 is 0 Å². The van der Waals surface area contributed by atoms with Crippen molar-refractivity contribution in [2.24, 2.45) is 0 Å².